The molecule has 0 radical (unpaired) electrons. The van der Waals surface area contributed by atoms with Crippen LogP contribution < -0.4 is 4.90 Å². The zero-order valence-electron chi connectivity index (χ0n) is 21.3. The minimum absolute atomic E-state index is 0.0849. The minimum atomic E-state index is -0.262. The SMILES string of the molecule is Cc1nc(CN(C)C(=O)[C@@H]2CCCN(c3cccc4c3C(=O)N(Cc3cc5ccccc5s3)C4=O)C2)cs1. The topological polar surface area (TPSA) is 73.8 Å². The number of thiazole rings is 1. The van der Waals surface area contributed by atoms with Gasteiger partial charge in [0.25, 0.3) is 11.8 Å². The van der Waals surface area contributed by atoms with Gasteiger partial charge in [-0.25, -0.2) is 4.98 Å². The largest absolute Gasteiger partial charge is 0.370 e. The fourth-order valence-corrected chi connectivity index (χ4v) is 7.16. The van der Waals surface area contributed by atoms with Crippen LogP contribution in [0.25, 0.3) is 10.1 Å². The van der Waals surface area contributed by atoms with E-state index < -0.39 is 0 Å². The quantitative estimate of drug-likeness (QED) is 0.307. The number of piperidine rings is 1. The molecule has 3 amide bonds. The van der Waals surface area contributed by atoms with Crippen LogP contribution in [0.5, 0.6) is 0 Å². The molecule has 4 aromatic rings. The summed E-state index contributed by atoms with van der Waals surface area (Å²) in [5.74, 6) is -0.609. The van der Waals surface area contributed by atoms with Crippen LogP contribution >= 0.6 is 22.7 Å². The Morgan fingerprint density at radius 2 is 1.97 bits per heavy atom. The van der Waals surface area contributed by atoms with Crippen LogP contribution in [0.4, 0.5) is 5.69 Å². The first kappa shape index (κ1) is 24.8. The third-order valence-corrected chi connectivity index (χ3v) is 9.24. The number of benzene rings is 2. The van der Waals surface area contributed by atoms with E-state index in [9.17, 15) is 14.4 Å². The van der Waals surface area contributed by atoms with Gasteiger partial charge in [0.2, 0.25) is 5.91 Å². The summed E-state index contributed by atoms with van der Waals surface area (Å²) >= 11 is 3.19. The van der Waals surface area contributed by atoms with Crippen LogP contribution in [0.15, 0.2) is 53.9 Å². The number of rotatable bonds is 6. The number of carbonyl (C=O) groups excluding carboxylic acids is 3. The lowest BCUT2D eigenvalue weighted by Gasteiger charge is -2.36. The molecule has 7 nitrogen and oxygen atoms in total. The van der Waals surface area contributed by atoms with Crippen LogP contribution in [-0.4, -0.2) is 52.6 Å². The molecule has 38 heavy (non-hydrogen) atoms. The number of thiophene rings is 1. The van der Waals surface area contributed by atoms with Crippen molar-refractivity contribution in [2.75, 3.05) is 25.0 Å². The summed E-state index contributed by atoms with van der Waals surface area (Å²) in [6, 6.07) is 15.6. The molecular formula is C29H28N4O3S2. The minimum Gasteiger partial charge on any atom is -0.370 e. The molecule has 0 spiro atoms. The number of imide groups is 1. The molecule has 9 heteroatoms. The second kappa shape index (κ2) is 9.96. The van der Waals surface area contributed by atoms with Crippen molar-refractivity contribution in [3.05, 3.63) is 80.6 Å². The van der Waals surface area contributed by atoms with Crippen LogP contribution in [-0.2, 0) is 17.9 Å². The van der Waals surface area contributed by atoms with E-state index in [0.29, 0.717) is 24.2 Å². The van der Waals surface area contributed by atoms with Crippen LogP contribution in [0, 0.1) is 12.8 Å². The summed E-state index contributed by atoms with van der Waals surface area (Å²) in [4.78, 5) is 50.9. The number of anilines is 1. The van der Waals surface area contributed by atoms with Crippen molar-refractivity contribution in [2.45, 2.75) is 32.9 Å². The predicted octanol–water partition coefficient (Wildman–Crippen LogP) is 5.34. The molecular weight excluding hydrogens is 516 g/mol. The van der Waals surface area contributed by atoms with Gasteiger partial charge in [0, 0.05) is 35.1 Å². The van der Waals surface area contributed by atoms with Gasteiger partial charge in [0.1, 0.15) is 0 Å². The molecule has 0 unspecified atom stereocenters. The number of nitrogens with zero attached hydrogens (tertiary/aromatic N) is 4. The molecule has 1 atom stereocenters. The number of aryl methyl sites for hydroxylation is 1. The van der Waals surface area contributed by atoms with E-state index in [-0.39, 0.29) is 30.2 Å². The van der Waals surface area contributed by atoms with E-state index in [2.05, 4.69) is 16.0 Å². The van der Waals surface area contributed by atoms with E-state index in [1.54, 1.807) is 33.6 Å². The van der Waals surface area contributed by atoms with Crippen molar-refractivity contribution >= 4 is 56.2 Å². The Bertz CT molecular complexity index is 1530. The summed E-state index contributed by atoms with van der Waals surface area (Å²) in [6.07, 6.45) is 1.65. The first-order valence-corrected chi connectivity index (χ1v) is 14.5. The van der Waals surface area contributed by atoms with Crippen LogP contribution in [0.2, 0.25) is 0 Å². The highest BCUT2D eigenvalue weighted by Crippen LogP contribution is 2.36. The first-order valence-electron chi connectivity index (χ1n) is 12.8. The van der Waals surface area contributed by atoms with Gasteiger partial charge < -0.3 is 9.80 Å². The summed E-state index contributed by atoms with van der Waals surface area (Å²) in [5.41, 5.74) is 2.55. The standard InChI is InChI=1S/C29H28N4O3S2/c1-18-30-21(17-37-18)15-31(2)27(34)20-8-6-12-32(14-20)24-10-5-9-23-26(24)29(36)33(28(23)35)16-22-13-19-7-3-4-11-25(19)38-22/h3-5,7,9-11,13,17,20H,6,8,12,14-16H2,1-2H3/t20-/m1/s1. The molecule has 2 aromatic heterocycles. The zero-order chi connectivity index (χ0) is 26.4. The molecule has 0 saturated carbocycles. The number of fused-ring (bicyclic) bond motifs is 2. The maximum absolute atomic E-state index is 13.6. The van der Waals surface area contributed by atoms with Crippen molar-refractivity contribution in [1.29, 1.82) is 0 Å². The lowest BCUT2D eigenvalue weighted by Crippen LogP contribution is -2.44. The summed E-state index contributed by atoms with van der Waals surface area (Å²) < 4.78 is 1.14. The first-order chi connectivity index (χ1) is 18.4. The molecule has 0 aliphatic carbocycles. The van der Waals surface area contributed by atoms with E-state index in [1.165, 1.54) is 4.90 Å². The maximum Gasteiger partial charge on any atom is 0.264 e. The highest BCUT2D eigenvalue weighted by Gasteiger charge is 2.39. The number of amides is 3. The smallest absolute Gasteiger partial charge is 0.264 e. The Balaban J connectivity index is 1.21. The molecule has 194 valence electrons. The molecule has 2 aromatic carbocycles. The van der Waals surface area contributed by atoms with E-state index >= 15 is 0 Å². The molecule has 1 fully saturated rings. The maximum atomic E-state index is 13.6. The Kier molecular flexibility index (Phi) is 6.49. The third-order valence-electron chi connectivity index (χ3n) is 7.32. The van der Waals surface area contributed by atoms with Crippen molar-refractivity contribution in [3.8, 4) is 0 Å². The molecule has 2 aliphatic rings. The van der Waals surface area contributed by atoms with Crippen molar-refractivity contribution in [1.82, 2.24) is 14.8 Å². The molecule has 6 rings (SSSR count). The summed E-state index contributed by atoms with van der Waals surface area (Å²) in [7, 11) is 1.82. The number of hydrogen-bond acceptors (Lipinski definition) is 7. The number of aromatic nitrogens is 1. The second-order valence-corrected chi connectivity index (χ2v) is 12.2. The zero-order valence-corrected chi connectivity index (χ0v) is 23.0. The monoisotopic (exact) mass is 544 g/mol. The molecule has 1 saturated heterocycles. The Morgan fingerprint density at radius 1 is 1.13 bits per heavy atom. The second-order valence-electron chi connectivity index (χ2n) is 9.98. The summed E-state index contributed by atoms with van der Waals surface area (Å²) in [6.45, 7) is 3.97. The van der Waals surface area contributed by atoms with Gasteiger partial charge >= 0.3 is 0 Å². The lowest BCUT2D eigenvalue weighted by molar-refractivity contribution is -0.135. The highest BCUT2D eigenvalue weighted by molar-refractivity contribution is 7.19. The average Bonchev–Trinajstić information content (AvgIpc) is 3.60. The fraction of sp³-hybridized carbons (Fsp3) is 0.310. The molecule has 4 heterocycles. The van der Waals surface area contributed by atoms with Crippen LogP contribution in [0.3, 0.4) is 0 Å². The Morgan fingerprint density at radius 3 is 2.76 bits per heavy atom. The van der Waals surface area contributed by atoms with Crippen molar-refractivity contribution < 1.29 is 14.4 Å². The Labute approximate surface area is 229 Å². The Hall–Kier alpha value is -3.56. The van der Waals surface area contributed by atoms with Gasteiger partial charge in [0.05, 0.1) is 46.5 Å². The number of carbonyl (C=O) groups is 3. The molecule has 0 N–H and O–H groups in total. The average molecular weight is 545 g/mol. The van der Waals surface area contributed by atoms with E-state index in [4.69, 9.17) is 0 Å². The van der Waals surface area contributed by atoms with E-state index in [0.717, 1.165) is 50.7 Å². The third kappa shape index (κ3) is 4.50. The van der Waals surface area contributed by atoms with Gasteiger partial charge in [-0.3, -0.25) is 19.3 Å². The fourth-order valence-electron chi connectivity index (χ4n) is 5.50. The van der Waals surface area contributed by atoms with Gasteiger partial charge in [0.15, 0.2) is 0 Å². The van der Waals surface area contributed by atoms with Gasteiger partial charge in [-0.05, 0) is 49.4 Å². The van der Waals surface area contributed by atoms with E-state index in [1.807, 2.05) is 55.7 Å². The van der Waals surface area contributed by atoms with Gasteiger partial charge in [-0.1, -0.05) is 24.3 Å². The summed E-state index contributed by atoms with van der Waals surface area (Å²) in [5, 5.41) is 4.10. The molecule has 2 aliphatic heterocycles. The van der Waals surface area contributed by atoms with Crippen molar-refractivity contribution in [3.63, 3.8) is 0 Å². The van der Waals surface area contributed by atoms with Gasteiger partial charge in [-0.15, -0.1) is 22.7 Å². The predicted molar refractivity (Wildman–Crippen MR) is 151 cm³/mol. The molecule has 0 bridgehead atoms. The lowest BCUT2D eigenvalue weighted by atomic mass is 9.95. The van der Waals surface area contributed by atoms with Crippen molar-refractivity contribution in [2.24, 2.45) is 5.92 Å². The van der Waals surface area contributed by atoms with Crippen LogP contribution in [0.1, 0.15) is 49.1 Å². The highest BCUT2D eigenvalue weighted by atomic mass is 32.1. The van der Waals surface area contributed by atoms with Gasteiger partial charge in [-0.2, -0.15) is 0 Å². The number of hydrogen-bond donors (Lipinski definition) is 0. The normalized spacial score (nSPS) is 17.4.